The van der Waals surface area contributed by atoms with Gasteiger partial charge in [0.25, 0.3) is 5.91 Å². The minimum atomic E-state index is -0.0916. The van der Waals surface area contributed by atoms with E-state index in [0.717, 1.165) is 12.4 Å². The van der Waals surface area contributed by atoms with Gasteiger partial charge in [-0.25, -0.2) is 15.0 Å². The summed E-state index contributed by atoms with van der Waals surface area (Å²) in [5.41, 5.74) is 0.611. The highest BCUT2D eigenvalue weighted by Gasteiger charge is 2.31. The van der Waals surface area contributed by atoms with Gasteiger partial charge in [0.1, 0.15) is 24.0 Å². The highest BCUT2D eigenvalue weighted by molar-refractivity contribution is 5.94. The van der Waals surface area contributed by atoms with Crippen LogP contribution in [0.1, 0.15) is 22.2 Å². The number of nitrogens with one attached hydrogen (secondary N) is 1. The number of rotatable bonds is 3. The molecule has 0 saturated carbocycles. The number of pyridine rings is 1. The van der Waals surface area contributed by atoms with Crippen molar-refractivity contribution in [3.05, 3.63) is 60.8 Å². The molecule has 1 aliphatic heterocycles. The fourth-order valence-electron chi connectivity index (χ4n) is 3.13. The van der Waals surface area contributed by atoms with Crippen LogP contribution in [-0.4, -0.2) is 54.5 Å². The van der Waals surface area contributed by atoms with Crippen LogP contribution in [-0.2, 0) is 7.05 Å². The lowest BCUT2D eigenvalue weighted by Crippen LogP contribution is -2.49. The van der Waals surface area contributed by atoms with Crippen LogP contribution in [0.5, 0.6) is 0 Å². The smallest absolute Gasteiger partial charge is 0.254 e. The van der Waals surface area contributed by atoms with Crippen molar-refractivity contribution >= 4 is 5.91 Å². The zero-order valence-electron chi connectivity index (χ0n) is 13.9. The molecule has 4 heterocycles. The second kappa shape index (κ2) is 6.48. The summed E-state index contributed by atoms with van der Waals surface area (Å²) in [5, 5.41) is 3.35. The lowest BCUT2D eigenvalue weighted by atomic mass is 10.1. The first-order valence-corrected chi connectivity index (χ1v) is 8.17. The Hall–Kier alpha value is -3.00. The number of aromatic nitrogens is 5. The van der Waals surface area contributed by atoms with Crippen molar-refractivity contribution in [3.8, 4) is 5.82 Å². The van der Waals surface area contributed by atoms with E-state index < -0.39 is 0 Å². The van der Waals surface area contributed by atoms with Crippen molar-refractivity contribution in [1.29, 1.82) is 0 Å². The molecule has 1 N–H and O–H groups in total. The molecule has 0 aliphatic carbocycles. The van der Waals surface area contributed by atoms with Gasteiger partial charge in [-0.05, 0) is 12.1 Å². The first kappa shape index (κ1) is 15.5. The Balaban J connectivity index is 1.65. The highest BCUT2D eigenvalue weighted by Crippen LogP contribution is 2.23. The third kappa shape index (κ3) is 2.91. The molecule has 1 atom stereocenters. The van der Waals surface area contributed by atoms with Crippen molar-refractivity contribution in [2.45, 2.75) is 6.04 Å². The van der Waals surface area contributed by atoms with Crippen LogP contribution in [0.3, 0.4) is 0 Å². The van der Waals surface area contributed by atoms with E-state index in [4.69, 9.17) is 0 Å². The summed E-state index contributed by atoms with van der Waals surface area (Å²) in [4.78, 5) is 27.8. The molecule has 1 fully saturated rings. The molecule has 0 aromatic carbocycles. The Bertz CT molecular complexity index is 871. The lowest BCUT2D eigenvalue weighted by molar-refractivity contribution is 0.0620. The zero-order valence-corrected chi connectivity index (χ0v) is 13.9. The number of piperazine rings is 1. The molecule has 4 rings (SSSR count). The van der Waals surface area contributed by atoms with Crippen molar-refractivity contribution in [2.24, 2.45) is 7.05 Å². The predicted molar refractivity (Wildman–Crippen MR) is 91.2 cm³/mol. The molecule has 1 aliphatic rings. The summed E-state index contributed by atoms with van der Waals surface area (Å²) in [7, 11) is 1.95. The zero-order chi connectivity index (χ0) is 17.2. The summed E-state index contributed by atoms with van der Waals surface area (Å²) >= 11 is 0. The van der Waals surface area contributed by atoms with E-state index >= 15 is 0 Å². The molecule has 0 radical (unpaired) electrons. The summed E-state index contributed by atoms with van der Waals surface area (Å²) in [6.07, 6.45) is 10.5. The third-order valence-corrected chi connectivity index (χ3v) is 4.42. The van der Waals surface area contributed by atoms with Crippen LogP contribution in [0.2, 0.25) is 0 Å². The van der Waals surface area contributed by atoms with Crippen LogP contribution in [0, 0.1) is 0 Å². The van der Waals surface area contributed by atoms with Crippen LogP contribution in [0.25, 0.3) is 5.82 Å². The Morgan fingerprint density at radius 1 is 1.24 bits per heavy atom. The maximum atomic E-state index is 13.1. The van der Waals surface area contributed by atoms with Crippen LogP contribution < -0.4 is 5.32 Å². The number of aryl methyl sites for hydroxylation is 1. The molecule has 1 saturated heterocycles. The standard InChI is InChI=1S/C17H19N7O/c1-22-7-6-21-16(22)14-11-18-5-9-24(14)17(25)13-2-3-20-15(10-13)23-8-4-19-12-23/h2-4,6-8,10,12,14,18H,5,9,11H2,1H3. The minimum Gasteiger partial charge on any atom is -0.336 e. The summed E-state index contributed by atoms with van der Waals surface area (Å²) in [5.74, 6) is 1.54. The summed E-state index contributed by atoms with van der Waals surface area (Å²) in [6, 6.07) is 3.45. The van der Waals surface area contributed by atoms with E-state index in [1.807, 2.05) is 22.7 Å². The van der Waals surface area contributed by atoms with Crippen molar-refractivity contribution in [1.82, 2.24) is 34.3 Å². The molecular formula is C17H19N7O. The van der Waals surface area contributed by atoms with Crippen LogP contribution in [0.15, 0.2) is 49.4 Å². The first-order valence-electron chi connectivity index (χ1n) is 8.17. The highest BCUT2D eigenvalue weighted by atomic mass is 16.2. The van der Waals surface area contributed by atoms with E-state index in [0.29, 0.717) is 24.5 Å². The number of hydrogen-bond acceptors (Lipinski definition) is 5. The van der Waals surface area contributed by atoms with E-state index in [1.165, 1.54) is 0 Å². The van der Waals surface area contributed by atoms with Gasteiger partial charge in [0.15, 0.2) is 0 Å². The normalized spacial score (nSPS) is 17.6. The number of hydrogen-bond donors (Lipinski definition) is 1. The number of imidazole rings is 2. The van der Waals surface area contributed by atoms with Crippen molar-refractivity contribution < 1.29 is 4.79 Å². The molecule has 0 spiro atoms. The molecular weight excluding hydrogens is 318 g/mol. The van der Waals surface area contributed by atoms with Crippen molar-refractivity contribution in [3.63, 3.8) is 0 Å². The second-order valence-electron chi connectivity index (χ2n) is 5.99. The van der Waals surface area contributed by atoms with E-state index in [2.05, 4.69) is 20.3 Å². The largest absolute Gasteiger partial charge is 0.336 e. The Morgan fingerprint density at radius 3 is 2.92 bits per heavy atom. The summed E-state index contributed by atoms with van der Waals surface area (Å²) in [6.45, 7) is 2.10. The average molecular weight is 337 g/mol. The van der Waals surface area contributed by atoms with Gasteiger partial charge in [-0.3, -0.25) is 9.36 Å². The Labute approximate surface area is 145 Å². The van der Waals surface area contributed by atoms with Gasteiger partial charge in [0.2, 0.25) is 0 Å². The number of amides is 1. The monoisotopic (exact) mass is 337 g/mol. The number of nitrogens with zero attached hydrogens (tertiary/aromatic N) is 6. The van der Waals surface area contributed by atoms with Crippen LogP contribution >= 0.6 is 0 Å². The first-order chi connectivity index (χ1) is 12.2. The fourth-order valence-corrected chi connectivity index (χ4v) is 3.13. The van der Waals surface area contributed by atoms with Gasteiger partial charge in [0.05, 0.1) is 0 Å². The van der Waals surface area contributed by atoms with E-state index in [1.54, 1.807) is 47.8 Å². The third-order valence-electron chi connectivity index (χ3n) is 4.42. The van der Waals surface area contributed by atoms with Gasteiger partial charge in [-0.1, -0.05) is 0 Å². The molecule has 128 valence electrons. The molecule has 3 aromatic heterocycles. The predicted octanol–water partition coefficient (Wildman–Crippen LogP) is 0.787. The van der Waals surface area contributed by atoms with Gasteiger partial charge in [-0.15, -0.1) is 0 Å². The molecule has 1 unspecified atom stereocenters. The quantitative estimate of drug-likeness (QED) is 0.764. The molecule has 3 aromatic rings. The molecule has 8 heteroatoms. The van der Waals surface area contributed by atoms with Crippen molar-refractivity contribution in [2.75, 3.05) is 19.6 Å². The number of carbonyl (C=O) groups excluding carboxylic acids is 1. The van der Waals surface area contributed by atoms with E-state index in [9.17, 15) is 4.79 Å². The molecule has 25 heavy (non-hydrogen) atoms. The SMILES string of the molecule is Cn1ccnc1C1CNCCN1C(=O)c1ccnc(-n2ccnc2)c1. The topological polar surface area (TPSA) is 80.9 Å². The van der Waals surface area contributed by atoms with Gasteiger partial charge < -0.3 is 14.8 Å². The molecule has 0 bridgehead atoms. The van der Waals surface area contributed by atoms with Gasteiger partial charge >= 0.3 is 0 Å². The molecule has 8 nitrogen and oxygen atoms in total. The average Bonchev–Trinajstić information content (AvgIpc) is 3.33. The minimum absolute atomic E-state index is 0.0155. The maximum Gasteiger partial charge on any atom is 0.254 e. The molecule has 1 amide bonds. The van der Waals surface area contributed by atoms with E-state index in [-0.39, 0.29) is 11.9 Å². The lowest BCUT2D eigenvalue weighted by Gasteiger charge is -2.35. The fraction of sp³-hybridized carbons (Fsp3) is 0.294. The van der Waals surface area contributed by atoms with Crippen LogP contribution in [0.4, 0.5) is 0 Å². The Morgan fingerprint density at radius 2 is 2.16 bits per heavy atom. The maximum absolute atomic E-state index is 13.1. The van der Waals surface area contributed by atoms with Gasteiger partial charge in [-0.2, -0.15) is 0 Å². The number of carbonyl (C=O) groups is 1. The summed E-state index contributed by atoms with van der Waals surface area (Å²) < 4.78 is 3.74. The Kier molecular flexibility index (Phi) is 4.02. The van der Waals surface area contributed by atoms with Gasteiger partial charge in [0, 0.05) is 63.2 Å². The second-order valence-corrected chi connectivity index (χ2v) is 5.99.